The molecule has 1 unspecified atom stereocenters. The Labute approximate surface area is 195 Å². The Morgan fingerprint density at radius 3 is 2.34 bits per heavy atom. The first-order chi connectivity index (χ1) is 15.0. The topological polar surface area (TPSA) is 92.8 Å². The Kier molecular flexibility index (Phi) is 7.03. The van der Waals surface area contributed by atoms with E-state index in [0.29, 0.717) is 10.7 Å². The molecule has 9 heteroatoms. The van der Waals surface area contributed by atoms with E-state index in [0.717, 1.165) is 4.90 Å². The molecule has 0 saturated carbocycles. The van der Waals surface area contributed by atoms with Crippen molar-refractivity contribution in [3.8, 4) is 0 Å². The van der Waals surface area contributed by atoms with Gasteiger partial charge in [-0.05, 0) is 63.2 Å². The van der Waals surface area contributed by atoms with E-state index >= 15 is 0 Å². The van der Waals surface area contributed by atoms with Crippen LogP contribution in [0.25, 0.3) is 0 Å². The summed E-state index contributed by atoms with van der Waals surface area (Å²) < 4.78 is 5.07. The fourth-order valence-electron chi connectivity index (χ4n) is 3.29. The summed E-state index contributed by atoms with van der Waals surface area (Å²) in [5, 5.41) is 3.70. The second kappa shape index (κ2) is 9.40. The van der Waals surface area contributed by atoms with Gasteiger partial charge in [0, 0.05) is 16.1 Å². The molecular formula is C23H22Cl2N2O5. The van der Waals surface area contributed by atoms with Gasteiger partial charge in [-0.25, -0.2) is 9.69 Å². The highest BCUT2D eigenvalue weighted by molar-refractivity contribution is 6.36. The lowest BCUT2D eigenvalue weighted by Crippen LogP contribution is -2.47. The van der Waals surface area contributed by atoms with Crippen LogP contribution < -0.4 is 10.2 Å². The third-order valence-electron chi connectivity index (χ3n) is 4.68. The number of benzene rings is 2. The standard InChI is InChI=1S/C23H22Cl2N2O5/c1-23(2,3)26-18-11-20(29)27(21(18)30)15-7-4-13(5-8-15)22(31)32-12-19(28)16-9-6-14(24)10-17(16)25/h4-10,18,26H,11-12H2,1-3H3. The number of carbonyl (C=O) groups is 4. The summed E-state index contributed by atoms with van der Waals surface area (Å²) in [7, 11) is 0. The Morgan fingerprint density at radius 1 is 1.09 bits per heavy atom. The lowest BCUT2D eigenvalue weighted by atomic mass is 10.1. The maximum absolute atomic E-state index is 12.7. The molecule has 1 aliphatic heterocycles. The van der Waals surface area contributed by atoms with E-state index < -0.39 is 24.4 Å². The lowest BCUT2D eigenvalue weighted by Gasteiger charge is -2.24. The molecule has 32 heavy (non-hydrogen) atoms. The molecule has 7 nitrogen and oxygen atoms in total. The number of imide groups is 1. The Balaban J connectivity index is 1.64. The highest BCUT2D eigenvalue weighted by Gasteiger charge is 2.40. The minimum Gasteiger partial charge on any atom is -0.454 e. The number of Topliss-reactive ketones (excluding diaryl/α,β-unsaturated/α-hetero) is 1. The maximum atomic E-state index is 12.7. The normalized spacial score (nSPS) is 16.4. The average molecular weight is 477 g/mol. The van der Waals surface area contributed by atoms with Gasteiger partial charge in [-0.15, -0.1) is 0 Å². The van der Waals surface area contributed by atoms with Gasteiger partial charge in [0.25, 0.3) is 5.91 Å². The Bertz CT molecular complexity index is 1080. The van der Waals surface area contributed by atoms with E-state index in [1.807, 2.05) is 20.8 Å². The van der Waals surface area contributed by atoms with Crippen LogP contribution in [0.4, 0.5) is 5.69 Å². The zero-order chi connectivity index (χ0) is 23.6. The van der Waals surface area contributed by atoms with Gasteiger partial charge < -0.3 is 10.1 Å². The van der Waals surface area contributed by atoms with Crippen molar-refractivity contribution in [2.24, 2.45) is 0 Å². The van der Waals surface area contributed by atoms with Gasteiger partial charge in [0.2, 0.25) is 11.7 Å². The first-order valence-electron chi connectivity index (χ1n) is 9.86. The molecule has 2 aromatic rings. The molecule has 1 fully saturated rings. The van der Waals surface area contributed by atoms with E-state index in [1.54, 1.807) is 0 Å². The Morgan fingerprint density at radius 2 is 1.75 bits per heavy atom. The molecule has 0 bridgehead atoms. The third kappa shape index (κ3) is 5.54. The van der Waals surface area contributed by atoms with E-state index in [2.05, 4.69) is 5.32 Å². The van der Waals surface area contributed by atoms with Gasteiger partial charge in [-0.3, -0.25) is 14.4 Å². The molecule has 1 saturated heterocycles. The monoisotopic (exact) mass is 476 g/mol. The van der Waals surface area contributed by atoms with Crippen LogP contribution in [0.5, 0.6) is 0 Å². The molecule has 1 aliphatic rings. The van der Waals surface area contributed by atoms with E-state index in [9.17, 15) is 19.2 Å². The number of hydrogen-bond acceptors (Lipinski definition) is 6. The summed E-state index contributed by atoms with van der Waals surface area (Å²) in [4.78, 5) is 50.7. The van der Waals surface area contributed by atoms with Gasteiger partial charge >= 0.3 is 5.97 Å². The molecule has 0 radical (unpaired) electrons. The van der Waals surface area contributed by atoms with E-state index in [-0.39, 0.29) is 39.9 Å². The van der Waals surface area contributed by atoms with Crippen molar-refractivity contribution in [1.82, 2.24) is 5.32 Å². The van der Waals surface area contributed by atoms with Gasteiger partial charge in [-0.1, -0.05) is 23.2 Å². The van der Waals surface area contributed by atoms with Crippen molar-refractivity contribution in [2.45, 2.75) is 38.8 Å². The molecule has 0 aromatic heterocycles. The van der Waals surface area contributed by atoms with Crippen molar-refractivity contribution >= 4 is 52.5 Å². The Hall–Kier alpha value is -2.74. The number of hydrogen-bond donors (Lipinski definition) is 1. The number of anilines is 1. The van der Waals surface area contributed by atoms with Crippen LogP contribution in [0.2, 0.25) is 10.0 Å². The van der Waals surface area contributed by atoms with Crippen molar-refractivity contribution in [2.75, 3.05) is 11.5 Å². The fourth-order valence-corrected chi connectivity index (χ4v) is 3.81. The molecular weight excluding hydrogens is 455 g/mol. The maximum Gasteiger partial charge on any atom is 0.338 e. The van der Waals surface area contributed by atoms with Gasteiger partial charge in [-0.2, -0.15) is 0 Å². The first-order valence-corrected chi connectivity index (χ1v) is 10.6. The summed E-state index contributed by atoms with van der Waals surface area (Å²) >= 11 is 11.8. The van der Waals surface area contributed by atoms with Crippen molar-refractivity contribution in [3.63, 3.8) is 0 Å². The minimum absolute atomic E-state index is 0.0647. The number of ether oxygens (including phenoxy) is 1. The van der Waals surface area contributed by atoms with Crippen LogP contribution >= 0.6 is 23.2 Å². The van der Waals surface area contributed by atoms with Crippen LogP contribution in [-0.2, 0) is 14.3 Å². The first kappa shape index (κ1) is 23.9. The van der Waals surface area contributed by atoms with Crippen LogP contribution in [0, 0.1) is 0 Å². The third-order valence-corrected chi connectivity index (χ3v) is 5.23. The number of ketones is 1. The second-order valence-electron chi connectivity index (χ2n) is 8.39. The molecule has 2 amide bonds. The average Bonchev–Trinajstić information content (AvgIpc) is 2.97. The van der Waals surface area contributed by atoms with Crippen LogP contribution in [0.15, 0.2) is 42.5 Å². The summed E-state index contributed by atoms with van der Waals surface area (Å²) in [6, 6.07) is 9.65. The summed E-state index contributed by atoms with van der Waals surface area (Å²) in [6.07, 6.45) is 0.0647. The zero-order valence-corrected chi connectivity index (χ0v) is 19.3. The molecule has 1 atom stereocenters. The number of nitrogens with one attached hydrogen (secondary N) is 1. The lowest BCUT2D eigenvalue weighted by molar-refractivity contribution is -0.121. The highest BCUT2D eigenvalue weighted by atomic mass is 35.5. The molecule has 3 rings (SSSR count). The smallest absolute Gasteiger partial charge is 0.338 e. The van der Waals surface area contributed by atoms with Crippen LogP contribution in [0.3, 0.4) is 0 Å². The molecule has 0 aliphatic carbocycles. The second-order valence-corrected chi connectivity index (χ2v) is 9.23. The van der Waals surface area contributed by atoms with Crippen molar-refractivity contribution in [1.29, 1.82) is 0 Å². The number of halogens is 2. The number of carbonyl (C=O) groups excluding carboxylic acids is 4. The molecule has 1 heterocycles. The number of rotatable bonds is 6. The van der Waals surface area contributed by atoms with Crippen molar-refractivity contribution in [3.05, 3.63) is 63.6 Å². The molecule has 168 valence electrons. The minimum atomic E-state index is -0.721. The van der Waals surface area contributed by atoms with Gasteiger partial charge in [0.1, 0.15) is 0 Å². The SMILES string of the molecule is CC(C)(C)NC1CC(=O)N(c2ccc(C(=O)OCC(=O)c3ccc(Cl)cc3Cl)cc2)C1=O. The van der Waals surface area contributed by atoms with E-state index in [1.165, 1.54) is 42.5 Å². The molecule has 1 N–H and O–H groups in total. The number of amides is 2. The quantitative estimate of drug-likeness (QED) is 0.384. The predicted octanol–water partition coefficient (Wildman–Crippen LogP) is 4.05. The fraction of sp³-hybridized carbons (Fsp3) is 0.304. The molecule has 0 spiro atoms. The summed E-state index contributed by atoms with van der Waals surface area (Å²) in [5.74, 6) is -1.85. The number of nitrogens with zero attached hydrogens (tertiary/aromatic N) is 1. The van der Waals surface area contributed by atoms with E-state index in [4.69, 9.17) is 27.9 Å². The zero-order valence-electron chi connectivity index (χ0n) is 17.8. The largest absolute Gasteiger partial charge is 0.454 e. The summed E-state index contributed by atoms with van der Waals surface area (Å²) in [6.45, 7) is 5.25. The summed E-state index contributed by atoms with van der Waals surface area (Å²) in [5.41, 5.74) is 0.410. The molecule has 2 aromatic carbocycles. The predicted molar refractivity (Wildman–Crippen MR) is 121 cm³/mol. The van der Waals surface area contributed by atoms with Crippen molar-refractivity contribution < 1.29 is 23.9 Å². The van der Waals surface area contributed by atoms with Crippen LogP contribution in [-0.4, -0.2) is 41.8 Å². The van der Waals surface area contributed by atoms with Crippen LogP contribution in [0.1, 0.15) is 47.9 Å². The number of esters is 1. The van der Waals surface area contributed by atoms with Gasteiger partial charge in [0.15, 0.2) is 6.61 Å². The van der Waals surface area contributed by atoms with Gasteiger partial charge in [0.05, 0.1) is 28.7 Å². The highest BCUT2D eigenvalue weighted by Crippen LogP contribution is 2.25.